The average Bonchev–Trinajstić information content (AvgIpc) is 2.81. The highest BCUT2D eigenvalue weighted by Gasteiger charge is 2.21. The molecule has 1 aromatic heterocycles. The highest BCUT2D eigenvalue weighted by molar-refractivity contribution is 5.28. The maximum atomic E-state index is 9.38. The number of hydrogen-bond acceptors (Lipinski definition) is 3. The SMILES string of the molecule is CC(C)c1ccc(C2CCOC2)c(CO)n1. The third kappa shape index (κ3) is 2.25. The maximum absolute atomic E-state index is 9.38. The Bertz CT molecular complexity index is 357. The standard InChI is InChI=1S/C13H19NO2/c1-9(2)12-4-3-11(13(7-15)14-12)10-5-6-16-8-10/h3-4,9-10,15H,5-8H2,1-2H3. The second-order valence-corrected chi connectivity index (χ2v) is 4.65. The van der Waals surface area contributed by atoms with Crippen LogP contribution < -0.4 is 0 Å². The fourth-order valence-corrected chi connectivity index (χ4v) is 2.13. The van der Waals surface area contributed by atoms with Crippen molar-refractivity contribution in [2.75, 3.05) is 13.2 Å². The fourth-order valence-electron chi connectivity index (χ4n) is 2.13. The van der Waals surface area contributed by atoms with E-state index in [9.17, 15) is 5.11 Å². The molecule has 16 heavy (non-hydrogen) atoms. The maximum Gasteiger partial charge on any atom is 0.0856 e. The van der Waals surface area contributed by atoms with E-state index in [1.54, 1.807) is 0 Å². The molecule has 0 aromatic carbocycles. The molecular formula is C13H19NO2. The van der Waals surface area contributed by atoms with Crippen molar-refractivity contribution < 1.29 is 9.84 Å². The van der Waals surface area contributed by atoms with Gasteiger partial charge in [0.15, 0.2) is 0 Å². The number of aromatic nitrogens is 1. The van der Waals surface area contributed by atoms with Gasteiger partial charge in [0.25, 0.3) is 0 Å². The van der Waals surface area contributed by atoms with Gasteiger partial charge in [0.05, 0.1) is 18.9 Å². The number of aliphatic hydroxyl groups is 1. The van der Waals surface area contributed by atoms with E-state index in [1.165, 1.54) is 0 Å². The molecule has 1 aliphatic heterocycles. The monoisotopic (exact) mass is 221 g/mol. The number of pyridine rings is 1. The lowest BCUT2D eigenvalue weighted by molar-refractivity contribution is 0.193. The van der Waals surface area contributed by atoms with Gasteiger partial charge in [-0.2, -0.15) is 0 Å². The summed E-state index contributed by atoms with van der Waals surface area (Å²) in [5, 5.41) is 9.38. The van der Waals surface area contributed by atoms with Gasteiger partial charge in [-0.25, -0.2) is 0 Å². The second kappa shape index (κ2) is 4.93. The van der Waals surface area contributed by atoms with Gasteiger partial charge in [-0.05, 0) is 24.0 Å². The first-order chi connectivity index (χ1) is 7.72. The molecule has 0 amide bonds. The van der Waals surface area contributed by atoms with Gasteiger partial charge in [0, 0.05) is 18.2 Å². The predicted molar refractivity (Wildman–Crippen MR) is 62.4 cm³/mol. The Hall–Kier alpha value is -0.930. The third-order valence-electron chi connectivity index (χ3n) is 3.14. The molecule has 3 nitrogen and oxygen atoms in total. The molecule has 0 spiro atoms. The van der Waals surface area contributed by atoms with E-state index >= 15 is 0 Å². The molecule has 1 aromatic rings. The molecule has 1 fully saturated rings. The van der Waals surface area contributed by atoms with E-state index in [1.807, 2.05) is 0 Å². The van der Waals surface area contributed by atoms with Crippen LogP contribution in [-0.4, -0.2) is 23.3 Å². The minimum absolute atomic E-state index is 0.0202. The lowest BCUT2D eigenvalue weighted by Gasteiger charge is -2.14. The lowest BCUT2D eigenvalue weighted by atomic mass is 9.95. The van der Waals surface area contributed by atoms with Crippen LogP contribution in [0, 0.1) is 0 Å². The summed E-state index contributed by atoms with van der Waals surface area (Å²) in [6, 6.07) is 4.17. The molecule has 1 saturated heterocycles. The largest absolute Gasteiger partial charge is 0.390 e. The van der Waals surface area contributed by atoms with Crippen molar-refractivity contribution in [3.8, 4) is 0 Å². The molecule has 0 aliphatic carbocycles. The van der Waals surface area contributed by atoms with E-state index in [0.29, 0.717) is 11.8 Å². The molecule has 1 atom stereocenters. The van der Waals surface area contributed by atoms with Gasteiger partial charge in [0.1, 0.15) is 0 Å². The summed E-state index contributed by atoms with van der Waals surface area (Å²) in [6.45, 7) is 5.83. The van der Waals surface area contributed by atoms with Crippen LogP contribution in [0.2, 0.25) is 0 Å². The molecule has 1 unspecified atom stereocenters. The predicted octanol–water partition coefficient (Wildman–Crippen LogP) is 2.20. The Morgan fingerprint density at radius 1 is 1.50 bits per heavy atom. The molecule has 2 rings (SSSR count). The van der Waals surface area contributed by atoms with Crippen LogP contribution in [0.1, 0.15) is 49.1 Å². The van der Waals surface area contributed by atoms with Crippen molar-refractivity contribution in [1.29, 1.82) is 0 Å². The Morgan fingerprint density at radius 3 is 2.88 bits per heavy atom. The molecule has 0 bridgehead atoms. The highest BCUT2D eigenvalue weighted by Crippen LogP contribution is 2.28. The van der Waals surface area contributed by atoms with Crippen LogP contribution >= 0.6 is 0 Å². The quantitative estimate of drug-likeness (QED) is 0.850. The third-order valence-corrected chi connectivity index (χ3v) is 3.14. The van der Waals surface area contributed by atoms with Crippen molar-refractivity contribution in [2.24, 2.45) is 0 Å². The summed E-state index contributed by atoms with van der Waals surface area (Å²) in [5.74, 6) is 0.815. The normalized spacial score (nSPS) is 20.6. The number of rotatable bonds is 3. The van der Waals surface area contributed by atoms with Crippen LogP contribution in [0.3, 0.4) is 0 Å². The van der Waals surface area contributed by atoms with Gasteiger partial charge in [-0.3, -0.25) is 4.98 Å². The summed E-state index contributed by atoms with van der Waals surface area (Å²) in [7, 11) is 0. The van der Waals surface area contributed by atoms with Crippen LogP contribution in [-0.2, 0) is 11.3 Å². The van der Waals surface area contributed by atoms with Crippen molar-refractivity contribution >= 4 is 0 Å². The topological polar surface area (TPSA) is 42.4 Å². The van der Waals surface area contributed by atoms with Crippen LogP contribution in [0.15, 0.2) is 12.1 Å². The van der Waals surface area contributed by atoms with E-state index < -0.39 is 0 Å². The van der Waals surface area contributed by atoms with Crippen LogP contribution in [0.5, 0.6) is 0 Å². The number of ether oxygens (including phenoxy) is 1. The van der Waals surface area contributed by atoms with Crippen LogP contribution in [0.25, 0.3) is 0 Å². The molecule has 1 N–H and O–H groups in total. The zero-order valence-corrected chi connectivity index (χ0v) is 9.94. The average molecular weight is 221 g/mol. The smallest absolute Gasteiger partial charge is 0.0856 e. The second-order valence-electron chi connectivity index (χ2n) is 4.65. The lowest BCUT2D eigenvalue weighted by Crippen LogP contribution is -2.07. The van der Waals surface area contributed by atoms with E-state index in [0.717, 1.165) is 36.6 Å². The Balaban J connectivity index is 2.30. The number of aliphatic hydroxyl groups excluding tert-OH is 1. The van der Waals surface area contributed by atoms with Crippen molar-refractivity contribution in [1.82, 2.24) is 4.98 Å². The van der Waals surface area contributed by atoms with Crippen molar-refractivity contribution in [2.45, 2.75) is 38.7 Å². The first kappa shape index (κ1) is 11.6. The summed E-state index contributed by atoms with van der Waals surface area (Å²) in [4.78, 5) is 4.53. The van der Waals surface area contributed by atoms with Crippen molar-refractivity contribution in [3.05, 3.63) is 29.1 Å². The fraction of sp³-hybridized carbons (Fsp3) is 0.615. The van der Waals surface area contributed by atoms with Gasteiger partial charge in [0.2, 0.25) is 0 Å². The van der Waals surface area contributed by atoms with Gasteiger partial charge >= 0.3 is 0 Å². The molecular weight excluding hydrogens is 202 g/mol. The first-order valence-electron chi connectivity index (χ1n) is 5.90. The summed E-state index contributed by atoms with van der Waals surface area (Å²) in [6.07, 6.45) is 1.04. The minimum Gasteiger partial charge on any atom is -0.390 e. The molecule has 0 saturated carbocycles. The summed E-state index contributed by atoms with van der Waals surface area (Å²) < 4.78 is 5.38. The minimum atomic E-state index is 0.0202. The first-order valence-corrected chi connectivity index (χ1v) is 5.90. The molecule has 88 valence electrons. The highest BCUT2D eigenvalue weighted by atomic mass is 16.5. The zero-order valence-electron chi connectivity index (χ0n) is 9.94. The van der Waals surface area contributed by atoms with E-state index in [4.69, 9.17) is 4.74 Å². The van der Waals surface area contributed by atoms with Crippen molar-refractivity contribution in [3.63, 3.8) is 0 Å². The zero-order chi connectivity index (χ0) is 11.5. The summed E-state index contributed by atoms with van der Waals surface area (Å²) >= 11 is 0. The molecule has 1 aliphatic rings. The Kier molecular flexibility index (Phi) is 3.56. The molecule has 0 radical (unpaired) electrons. The van der Waals surface area contributed by atoms with Gasteiger partial charge < -0.3 is 9.84 Å². The summed E-state index contributed by atoms with van der Waals surface area (Å²) in [5.41, 5.74) is 3.03. The number of nitrogens with zero attached hydrogens (tertiary/aromatic N) is 1. The Morgan fingerprint density at radius 2 is 2.31 bits per heavy atom. The van der Waals surface area contributed by atoms with Gasteiger partial charge in [-0.15, -0.1) is 0 Å². The molecule has 2 heterocycles. The van der Waals surface area contributed by atoms with E-state index in [-0.39, 0.29) is 6.61 Å². The number of hydrogen-bond donors (Lipinski definition) is 1. The van der Waals surface area contributed by atoms with Crippen LogP contribution in [0.4, 0.5) is 0 Å². The molecule has 3 heteroatoms. The van der Waals surface area contributed by atoms with E-state index in [2.05, 4.69) is 31.0 Å². The van der Waals surface area contributed by atoms with Gasteiger partial charge in [-0.1, -0.05) is 19.9 Å². The Labute approximate surface area is 96.5 Å².